The van der Waals surface area contributed by atoms with Gasteiger partial charge < -0.3 is 20.2 Å². The van der Waals surface area contributed by atoms with Crippen LogP contribution in [0.15, 0.2) is 41.3 Å². The third kappa shape index (κ3) is 5.75. The van der Waals surface area contributed by atoms with E-state index in [-0.39, 0.29) is 67.0 Å². The van der Waals surface area contributed by atoms with Gasteiger partial charge in [0.15, 0.2) is 0 Å². The maximum atomic E-state index is 13.1. The van der Waals surface area contributed by atoms with Gasteiger partial charge in [-0.3, -0.25) is 4.79 Å². The van der Waals surface area contributed by atoms with Crippen molar-refractivity contribution in [2.24, 2.45) is 0 Å². The van der Waals surface area contributed by atoms with Crippen LogP contribution in [0, 0.1) is 0 Å². The van der Waals surface area contributed by atoms with E-state index in [9.17, 15) is 26.4 Å². The topological polar surface area (TPSA) is 106 Å². The molecule has 196 valence electrons. The first-order valence-electron chi connectivity index (χ1n) is 11.2. The second kappa shape index (κ2) is 10.5. The van der Waals surface area contributed by atoms with E-state index in [1.807, 2.05) is 0 Å². The fourth-order valence-electron chi connectivity index (χ4n) is 4.28. The number of nitrogens with zero attached hydrogens (tertiary/aromatic N) is 4. The molecule has 2 saturated heterocycles. The largest absolute Gasteiger partial charge is 0.416 e. The maximum Gasteiger partial charge on any atom is 0.416 e. The lowest BCUT2D eigenvalue weighted by molar-refractivity contribution is -0.137. The summed E-state index contributed by atoms with van der Waals surface area (Å²) in [6.07, 6.45) is -4.29. The van der Waals surface area contributed by atoms with E-state index in [0.717, 1.165) is 12.1 Å². The Morgan fingerprint density at radius 1 is 1.11 bits per heavy atom. The molecule has 4 rings (SSSR count). The minimum absolute atomic E-state index is 0.0320. The van der Waals surface area contributed by atoms with Gasteiger partial charge in [0.2, 0.25) is 15.9 Å². The molecule has 3 heterocycles. The van der Waals surface area contributed by atoms with Crippen LogP contribution in [0.5, 0.6) is 0 Å². The van der Waals surface area contributed by atoms with Crippen molar-refractivity contribution in [3.05, 3.63) is 47.1 Å². The van der Waals surface area contributed by atoms with Gasteiger partial charge in [-0.2, -0.15) is 17.5 Å². The molecule has 0 aliphatic carbocycles. The van der Waals surface area contributed by atoms with Crippen LogP contribution in [0.3, 0.4) is 0 Å². The number of alkyl halides is 3. The Bertz CT molecular complexity index is 1210. The molecule has 0 spiro atoms. The first-order valence-corrected chi connectivity index (χ1v) is 13.1. The lowest BCUT2D eigenvalue weighted by Gasteiger charge is -2.35. The summed E-state index contributed by atoms with van der Waals surface area (Å²) in [5.41, 5.74) is -0.343. The molecule has 2 N–H and O–H groups in total. The molecule has 1 atom stereocenters. The van der Waals surface area contributed by atoms with Crippen LogP contribution in [-0.4, -0.2) is 80.6 Å². The normalized spacial score (nSPS) is 19.8. The minimum atomic E-state index is -4.57. The molecule has 2 aromatic rings. The number of carbonyl (C=O) groups excluding carboxylic acids is 1. The molecule has 0 saturated carbocycles. The fraction of sp³-hybridized carbons (Fsp3) is 0.455. The van der Waals surface area contributed by atoms with Gasteiger partial charge in [0.05, 0.1) is 17.1 Å². The number of aliphatic hydroxyl groups excluding tert-OH is 1. The number of sulfonamides is 1. The summed E-state index contributed by atoms with van der Waals surface area (Å²) in [5.74, 6) is -0.0567. The van der Waals surface area contributed by atoms with Crippen molar-refractivity contribution in [2.45, 2.75) is 23.5 Å². The monoisotopic (exact) mass is 547 g/mol. The number of aromatic nitrogens is 1. The summed E-state index contributed by atoms with van der Waals surface area (Å²) >= 11 is 5.77. The van der Waals surface area contributed by atoms with Crippen molar-refractivity contribution in [3.8, 4) is 0 Å². The molecule has 2 aliphatic rings. The van der Waals surface area contributed by atoms with Crippen molar-refractivity contribution < 1.29 is 31.5 Å². The molecule has 9 nitrogen and oxygen atoms in total. The van der Waals surface area contributed by atoms with E-state index in [0.29, 0.717) is 18.8 Å². The predicted octanol–water partition coefficient (Wildman–Crippen LogP) is 1.95. The summed E-state index contributed by atoms with van der Waals surface area (Å²) in [4.78, 5) is 19.5. The van der Waals surface area contributed by atoms with Crippen LogP contribution in [-0.2, 0) is 21.0 Å². The van der Waals surface area contributed by atoms with Crippen LogP contribution < -0.4 is 15.1 Å². The highest BCUT2D eigenvalue weighted by molar-refractivity contribution is 7.89. The molecule has 2 aliphatic heterocycles. The number of pyridine rings is 1. The molecule has 36 heavy (non-hydrogen) atoms. The molecule has 1 unspecified atom stereocenters. The molecular formula is C22H25ClF3N5O4S. The lowest BCUT2D eigenvalue weighted by atomic mass is 10.2. The van der Waals surface area contributed by atoms with Crippen molar-refractivity contribution >= 4 is 39.0 Å². The summed E-state index contributed by atoms with van der Waals surface area (Å²) in [7, 11) is -3.85. The summed E-state index contributed by atoms with van der Waals surface area (Å²) in [6.45, 7) is 1.17. The van der Waals surface area contributed by atoms with Gasteiger partial charge in [0.25, 0.3) is 0 Å². The van der Waals surface area contributed by atoms with Crippen molar-refractivity contribution in [1.29, 1.82) is 0 Å². The number of benzene rings is 1. The average molecular weight is 548 g/mol. The number of amides is 1. The Kier molecular flexibility index (Phi) is 7.76. The van der Waals surface area contributed by atoms with Gasteiger partial charge in [-0.25, -0.2) is 13.4 Å². The third-order valence-corrected chi connectivity index (χ3v) is 8.23. The quantitative estimate of drug-likeness (QED) is 0.510. The zero-order chi connectivity index (χ0) is 26.1. The molecule has 1 aromatic heterocycles. The summed E-state index contributed by atoms with van der Waals surface area (Å²) in [6, 6.07) is 7.58. The number of piperazine rings is 1. The SMILES string of the molecule is O=C1CC(NCCO)CN1c1ccc(S(=O)(=O)N2CCN(c3cc(C(F)(F)F)cc(Cl)n3)CC2)cc1. The summed E-state index contributed by atoms with van der Waals surface area (Å²) in [5, 5.41) is 11.7. The second-order valence-corrected chi connectivity index (χ2v) is 10.8. The molecule has 0 radical (unpaired) electrons. The standard InChI is InChI=1S/C22H25ClF3N5O4S/c23-19-11-15(22(24,25)26)12-20(28-19)29-6-8-30(9-7-29)36(34,35)18-3-1-17(2-4-18)31-14-16(13-21(31)33)27-5-10-32/h1-4,11-12,16,27,32H,5-10,13-14H2. The fourth-order valence-corrected chi connectivity index (χ4v) is 5.90. The first-order chi connectivity index (χ1) is 17.0. The van der Waals surface area contributed by atoms with Crippen molar-refractivity contribution in [2.75, 3.05) is 55.7 Å². The van der Waals surface area contributed by atoms with Crippen molar-refractivity contribution in [3.63, 3.8) is 0 Å². The van der Waals surface area contributed by atoms with E-state index >= 15 is 0 Å². The number of aliphatic hydroxyl groups is 1. The van der Waals surface area contributed by atoms with Crippen LogP contribution >= 0.6 is 11.6 Å². The highest BCUT2D eigenvalue weighted by atomic mass is 35.5. The van der Waals surface area contributed by atoms with Crippen LogP contribution in [0.4, 0.5) is 24.7 Å². The Hall–Kier alpha value is -2.45. The number of halogens is 4. The van der Waals surface area contributed by atoms with E-state index in [2.05, 4.69) is 10.3 Å². The predicted molar refractivity (Wildman–Crippen MR) is 128 cm³/mol. The average Bonchev–Trinajstić information content (AvgIpc) is 3.22. The summed E-state index contributed by atoms with van der Waals surface area (Å²) < 4.78 is 66.9. The van der Waals surface area contributed by atoms with E-state index in [4.69, 9.17) is 16.7 Å². The number of nitrogens with one attached hydrogen (secondary N) is 1. The molecule has 1 aromatic carbocycles. The van der Waals surface area contributed by atoms with Gasteiger partial charge >= 0.3 is 6.18 Å². The van der Waals surface area contributed by atoms with Crippen LogP contribution in [0.2, 0.25) is 5.15 Å². The van der Waals surface area contributed by atoms with Gasteiger partial charge in [-0.05, 0) is 36.4 Å². The number of carbonyl (C=O) groups is 1. The van der Waals surface area contributed by atoms with Crippen LogP contribution in [0.25, 0.3) is 0 Å². The first kappa shape index (κ1) is 26.6. The molecule has 2 fully saturated rings. The Morgan fingerprint density at radius 3 is 2.39 bits per heavy atom. The minimum Gasteiger partial charge on any atom is -0.395 e. The van der Waals surface area contributed by atoms with Crippen LogP contribution in [0.1, 0.15) is 12.0 Å². The number of rotatable bonds is 7. The zero-order valence-corrected chi connectivity index (χ0v) is 20.7. The van der Waals surface area contributed by atoms with E-state index < -0.39 is 21.8 Å². The Morgan fingerprint density at radius 2 is 1.78 bits per heavy atom. The van der Waals surface area contributed by atoms with E-state index in [1.165, 1.54) is 16.4 Å². The number of anilines is 2. The second-order valence-electron chi connectivity index (χ2n) is 8.50. The highest BCUT2D eigenvalue weighted by Gasteiger charge is 2.34. The van der Waals surface area contributed by atoms with Gasteiger partial charge in [-0.15, -0.1) is 0 Å². The maximum absolute atomic E-state index is 13.1. The molecule has 1 amide bonds. The van der Waals surface area contributed by atoms with E-state index in [1.54, 1.807) is 21.9 Å². The van der Waals surface area contributed by atoms with Gasteiger partial charge in [-0.1, -0.05) is 11.6 Å². The molecule has 14 heteroatoms. The van der Waals surface area contributed by atoms with Gasteiger partial charge in [0, 0.05) is 57.4 Å². The lowest BCUT2D eigenvalue weighted by Crippen LogP contribution is -2.49. The molecule has 0 bridgehead atoms. The smallest absolute Gasteiger partial charge is 0.395 e. The number of hydrogen-bond acceptors (Lipinski definition) is 7. The highest BCUT2D eigenvalue weighted by Crippen LogP contribution is 2.33. The Balaban J connectivity index is 1.41. The third-order valence-electron chi connectivity index (χ3n) is 6.13. The Labute approximate surface area is 211 Å². The zero-order valence-electron chi connectivity index (χ0n) is 19.1. The number of hydrogen-bond donors (Lipinski definition) is 2. The van der Waals surface area contributed by atoms with Gasteiger partial charge in [0.1, 0.15) is 11.0 Å². The molecular weight excluding hydrogens is 523 g/mol. The van der Waals surface area contributed by atoms with Crippen molar-refractivity contribution in [1.82, 2.24) is 14.6 Å².